The van der Waals surface area contributed by atoms with Gasteiger partial charge < -0.3 is 9.47 Å². The summed E-state index contributed by atoms with van der Waals surface area (Å²) < 4.78 is 50.5. The lowest BCUT2D eigenvalue weighted by Gasteiger charge is -2.18. The number of imide groups is 1. The van der Waals surface area contributed by atoms with Crippen molar-refractivity contribution in [2.45, 2.75) is 6.18 Å². The van der Waals surface area contributed by atoms with Crippen molar-refractivity contribution in [1.82, 2.24) is 9.97 Å². The molecule has 0 saturated carbocycles. The third-order valence-electron chi connectivity index (χ3n) is 4.44. The van der Waals surface area contributed by atoms with Crippen LogP contribution in [-0.4, -0.2) is 36.0 Å². The maximum absolute atomic E-state index is 13.4. The highest BCUT2D eigenvalue weighted by molar-refractivity contribution is 6.35. The van der Waals surface area contributed by atoms with Crippen LogP contribution in [0.15, 0.2) is 36.4 Å². The van der Waals surface area contributed by atoms with Crippen LogP contribution >= 0.6 is 0 Å². The van der Waals surface area contributed by atoms with Crippen molar-refractivity contribution in [3.8, 4) is 11.5 Å². The molecule has 29 heavy (non-hydrogen) atoms. The van der Waals surface area contributed by atoms with Crippen LogP contribution in [0.5, 0.6) is 11.5 Å². The van der Waals surface area contributed by atoms with Gasteiger partial charge in [-0.2, -0.15) is 13.2 Å². The van der Waals surface area contributed by atoms with Crippen LogP contribution in [0.4, 0.5) is 19.0 Å². The van der Waals surface area contributed by atoms with Crippen LogP contribution < -0.4 is 14.4 Å². The predicted molar refractivity (Wildman–Crippen MR) is 95.2 cm³/mol. The zero-order valence-electron chi connectivity index (χ0n) is 15.1. The highest BCUT2D eigenvalue weighted by Crippen LogP contribution is 2.39. The molecule has 4 rings (SSSR count). The predicted octanol–water partition coefficient (Wildman–Crippen LogP) is 3.47. The SMILES string of the molecule is COc1cc2nc(C(F)(F)F)nc(N3C(=O)c4ccccc4C3=O)c2cc1OC. The van der Waals surface area contributed by atoms with Crippen LogP contribution in [0.2, 0.25) is 0 Å². The number of halogens is 3. The molecule has 0 atom stereocenters. The number of fused-ring (bicyclic) bond motifs is 2. The highest BCUT2D eigenvalue weighted by Gasteiger charge is 2.41. The first-order valence-electron chi connectivity index (χ1n) is 8.25. The van der Waals surface area contributed by atoms with Gasteiger partial charge in [0.25, 0.3) is 11.8 Å². The van der Waals surface area contributed by atoms with E-state index in [0.29, 0.717) is 4.90 Å². The molecule has 148 valence electrons. The molecule has 7 nitrogen and oxygen atoms in total. The van der Waals surface area contributed by atoms with Gasteiger partial charge in [0.1, 0.15) is 0 Å². The number of hydrogen-bond acceptors (Lipinski definition) is 6. The second-order valence-corrected chi connectivity index (χ2v) is 6.08. The van der Waals surface area contributed by atoms with E-state index in [-0.39, 0.29) is 33.5 Å². The number of benzene rings is 2. The standard InChI is InChI=1S/C19H12F3N3O4/c1-28-13-7-11-12(8-14(13)29-2)23-18(19(20,21)22)24-15(11)25-16(26)9-5-3-4-6-10(9)17(25)27/h3-8H,1-2H3. The Labute approximate surface area is 161 Å². The first-order chi connectivity index (χ1) is 13.8. The number of alkyl halides is 3. The van der Waals surface area contributed by atoms with E-state index in [2.05, 4.69) is 9.97 Å². The summed E-state index contributed by atoms with van der Waals surface area (Å²) in [5, 5.41) is 0.0326. The number of anilines is 1. The highest BCUT2D eigenvalue weighted by atomic mass is 19.4. The van der Waals surface area contributed by atoms with Crippen LogP contribution in [0.3, 0.4) is 0 Å². The Hall–Kier alpha value is -3.69. The van der Waals surface area contributed by atoms with E-state index < -0.39 is 29.6 Å². The molecule has 0 bridgehead atoms. The fraction of sp³-hybridized carbons (Fsp3) is 0.158. The second kappa shape index (κ2) is 6.43. The van der Waals surface area contributed by atoms with Gasteiger partial charge in [-0.25, -0.2) is 14.9 Å². The average Bonchev–Trinajstić information content (AvgIpc) is 2.96. The molecule has 0 fully saturated rings. The lowest BCUT2D eigenvalue weighted by molar-refractivity contribution is -0.144. The molecule has 2 aromatic carbocycles. The molecule has 0 saturated heterocycles. The third kappa shape index (κ3) is 2.84. The summed E-state index contributed by atoms with van der Waals surface area (Å²) in [5.74, 6) is -3.18. The number of hydrogen-bond donors (Lipinski definition) is 0. The van der Waals surface area contributed by atoms with Crippen LogP contribution in [-0.2, 0) is 6.18 Å². The zero-order valence-corrected chi connectivity index (χ0v) is 15.1. The van der Waals surface area contributed by atoms with E-state index in [1.54, 1.807) is 12.1 Å². The molecule has 2 heterocycles. The fourth-order valence-electron chi connectivity index (χ4n) is 3.12. The average molecular weight is 403 g/mol. The third-order valence-corrected chi connectivity index (χ3v) is 4.44. The molecule has 0 spiro atoms. The number of methoxy groups -OCH3 is 2. The van der Waals surface area contributed by atoms with Gasteiger partial charge in [0.2, 0.25) is 5.82 Å². The summed E-state index contributed by atoms with van der Waals surface area (Å²) in [4.78, 5) is 33.3. The molecule has 0 aliphatic carbocycles. The number of rotatable bonds is 3. The topological polar surface area (TPSA) is 81.6 Å². The van der Waals surface area contributed by atoms with Gasteiger partial charge in [-0.3, -0.25) is 9.59 Å². The summed E-state index contributed by atoms with van der Waals surface area (Å²) in [7, 11) is 2.66. The first-order valence-corrected chi connectivity index (χ1v) is 8.25. The quantitative estimate of drug-likeness (QED) is 0.623. The maximum atomic E-state index is 13.4. The van der Waals surface area contributed by atoms with E-state index in [1.807, 2.05) is 0 Å². The molecule has 1 aliphatic rings. The molecule has 2 amide bonds. The van der Waals surface area contributed by atoms with E-state index in [4.69, 9.17) is 9.47 Å². The molecule has 1 aromatic heterocycles. The Kier molecular flexibility index (Phi) is 4.14. The Bertz CT molecular complexity index is 1140. The van der Waals surface area contributed by atoms with E-state index in [1.165, 1.54) is 38.5 Å². The van der Waals surface area contributed by atoms with Gasteiger partial charge in [-0.15, -0.1) is 0 Å². The van der Waals surface area contributed by atoms with Gasteiger partial charge in [0, 0.05) is 11.5 Å². The number of carbonyl (C=O) groups excluding carboxylic acids is 2. The molecular formula is C19H12F3N3O4. The summed E-state index contributed by atoms with van der Waals surface area (Å²) in [6.07, 6.45) is -4.89. The van der Waals surface area contributed by atoms with Crippen molar-refractivity contribution < 1.29 is 32.2 Å². The Morgan fingerprint density at radius 1 is 0.897 bits per heavy atom. The van der Waals surface area contributed by atoms with Crippen molar-refractivity contribution >= 4 is 28.5 Å². The number of ether oxygens (including phenoxy) is 2. The van der Waals surface area contributed by atoms with Gasteiger partial charge in [-0.1, -0.05) is 12.1 Å². The molecule has 0 unspecified atom stereocenters. The minimum absolute atomic E-state index is 0.0326. The van der Waals surface area contributed by atoms with Crippen LogP contribution in [0.1, 0.15) is 26.5 Å². The largest absolute Gasteiger partial charge is 0.493 e. The van der Waals surface area contributed by atoms with Crippen molar-refractivity contribution in [3.63, 3.8) is 0 Å². The van der Waals surface area contributed by atoms with Crippen molar-refractivity contribution in [3.05, 3.63) is 53.3 Å². The summed E-state index contributed by atoms with van der Waals surface area (Å²) in [6.45, 7) is 0. The van der Waals surface area contributed by atoms with Crippen molar-refractivity contribution in [1.29, 1.82) is 0 Å². The van der Waals surface area contributed by atoms with Crippen molar-refractivity contribution in [2.24, 2.45) is 0 Å². The minimum atomic E-state index is -4.89. The maximum Gasteiger partial charge on any atom is 0.451 e. The smallest absolute Gasteiger partial charge is 0.451 e. The molecule has 10 heteroatoms. The van der Waals surface area contributed by atoms with E-state index >= 15 is 0 Å². The molecule has 1 aliphatic heterocycles. The molecule has 3 aromatic rings. The van der Waals surface area contributed by atoms with E-state index in [9.17, 15) is 22.8 Å². The Morgan fingerprint density at radius 3 is 1.97 bits per heavy atom. The summed E-state index contributed by atoms with van der Waals surface area (Å²) in [6, 6.07) is 8.52. The lowest BCUT2D eigenvalue weighted by atomic mass is 10.1. The summed E-state index contributed by atoms with van der Waals surface area (Å²) >= 11 is 0. The summed E-state index contributed by atoms with van der Waals surface area (Å²) in [5.41, 5.74) is 0.00752. The first kappa shape index (κ1) is 18.7. The number of amides is 2. The molecule has 0 N–H and O–H groups in total. The van der Waals surface area contributed by atoms with Gasteiger partial charge in [-0.05, 0) is 18.2 Å². The minimum Gasteiger partial charge on any atom is -0.493 e. The van der Waals surface area contributed by atoms with Crippen LogP contribution in [0.25, 0.3) is 10.9 Å². The normalized spacial score (nSPS) is 13.8. The van der Waals surface area contributed by atoms with Crippen molar-refractivity contribution in [2.75, 3.05) is 19.1 Å². The number of nitrogens with zero attached hydrogens (tertiary/aromatic N) is 3. The van der Waals surface area contributed by atoms with Gasteiger partial charge >= 0.3 is 6.18 Å². The lowest BCUT2D eigenvalue weighted by Crippen LogP contribution is -2.31. The second-order valence-electron chi connectivity index (χ2n) is 6.08. The fourth-order valence-corrected chi connectivity index (χ4v) is 3.12. The molecular weight excluding hydrogens is 391 g/mol. The number of aromatic nitrogens is 2. The van der Waals surface area contributed by atoms with Gasteiger partial charge in [0.15, 0.2) is 17.3 Å². The molecule has 0 radical (unpaired) electrons. The number of carbonyl (C=O) groups is 2. The Balaban J connectivity index is 2.03. The Morgan fingerprint density at radius 2 is 1.45 bits per heavy atom. The van der Waals surface area contributed by atoms with E-state index in [0.717, 1.165) is 0 Å². The zero-order chi connectivity index (χ0) is 20.9. The van der Waals surface area contributed by atoms with Crippen LogP contribution in [0, 0.1) is 0 Å². The van der Waals surface area contributed by atoms with Gasteiger partial charge in [0.05, 0.1) is 30.9 Å². The monoisotopic (exact) mass is 403 g/mol.